The average Bonchev–Trinajstić information content (AvgIpc) is 3.48. The number of phosphoric acid groups is 3. The molecule has 8 unspecified atom stereocenters. The zero-order valence-corrected chi connectivity index (χ0v) is 33.7. The lowest BCUT2D eigenvalue weighted by Crippen LogP contribution is -2.46. The topological polar surface area (TPSA) is 364 Å². The van der Waals surface area contributed by atoms with Gasteiger partial charge >= 0.3 is 23.5 Å². The van der Waals surface area contributed by atoms with Crippen molar-refractivity contribution < 1.29 is 80.5 Å². The van der Waals surface area contributed by atoms with Gasteiger partial charge in [-0.25, -0.2) is 28.6 Å². The number of aliphatic hydroxyl groups is 2. The van der Waals surface area contributed by atoms with Crippen molar-refractivity contribution >= 4 is 69.1 Å². The number of nitrogens with zero attached hydrogens (tertiary/aromatic N) is 4. The summed E-state index contributed by atoms with van der Waals surface area (Å²) in [6.45, 7) is 5.55. The van der Waals surface area contributed by atoms with E-state index in [1.54, 1.807) is 0 Å². The molecule has 2 amide bonds. The number of carbonyl (C=O) groups is 3. The third-order valence-electron chi connectivity index (χ3n) is 8.59. The number of anilines is 1. The van der Waals surface area contributed by atoms with E-state index in [-0.39, 0.29) is 47.5 Å². The average molecular weight is 876 g/mol. The fourth-order valence-electron chi connectivity index (χ4n) is 5.34. The molecule has 0 spiro atoms. The molecule has 3 heterocycles. The van der Waals surface area contributed by atoms with Crippen molar-refractivity contribution in [1.29, 1.82) is 0 Å². The molecule has 10 N–H and O–H groups in total. The summed E-state index contributed by atoms with van der Waals surface area (Å²) in [5, 5.41) is 26.6. The molecule has 24 nitrogen and oxygen atoms in total. The van der Waals surface area contributed by atoms with Crippen LogP contribution in [-0.2, 0) is 56.4 Å². The summed E-state index contributed by atoms with van der Waals surface area (Å²) < 4.78 is 62.6. The highest BCUT2D eigenvalue weighted by Gasteiger charge is 2.57. The monoisotopic (exact) mass is 875 g/mol. The van der Waals surface area contributed by atoms with E-state index < -0.39 is 84.1 Å². The number of fused-ring (bicyclic) bond motifs is 1. The summed E-state index contributed by atoms with van der Waals surface area (Å²) >= 11 is 1.10. The van der Waals surface area contributed by atoms with Crippen LogP contribution in [0.3, 0.4) is 0 Å². The molecule has 1 saturated heterocycles. The molecule has 1 aliphatic carbocycles. The molecule has 4 rings (SSSR count). The van der Waals surface area contributed by atoms with Gasteiger partial charge in [0.2, 0.25) is 11.8 Å². The first-order chi connectivity index (χ1) is 25.8. The van der Waals surface area contributed by atoms with E-state index in [0.717, 1.165) is 41.0 Å². The van der Waals surface area contributed by atoms with Crippen molar-refractivity contribution in [3.8, 4) is 0 Å². The van der Waals surface area contributed by atoms with Crippen LogP contribution in [0.5, 0.6) is 0 Å². The van der Waals surface area contributed by atoms with Gasteiger partial charge in [0.15, 0.2) is 22.3 Å². The fraction of sp³-hybridized carbons (Fsp3) is 0.643. The van der Waals surface area contributed by atoms with E-state index in [9.17, 15) is 57.9 Å². The molecule has 2 aromatic heterocycles. The predicted molar refractivity (Wildman–Crippen MR) is 194 cm³/mol. The van der Waals surface area contributed by atoms with Crippen LogP contribution in [0.15, 0.2) is 24.8 Å². The second kappa shape index (κ2) is 18.1. The predicted octanol–water partition coefficient (Wildman–Crippen LogP) is -0.195. The number of phosphoric ester groups is 3. The molecule has 0 aromatic carbocycles. The minimum absolute atomic E-state index is 0.00864. The first kappa shape index (κ1) is 46.0. The van der Waals surface area contributed by atoms with Crippen molar-refractivity contribution in [2.45, 2.75) is 70.2 Å². The smallest absolute Gasteiger partial charge is 0.385 e. The summed E-state index contributed by atoms with van der Waals surface area (Å²) in [5.74, 6) is -0.844. The Morgan fingerprint density at radius 3 is 2.43 bits per heavy atom. The molecule has 2 aromatic rings. The van der Waals surface area contributed by atoms with Crippen LogP contribution in [0.1, 0.15) is 40.0 Å². The lowest BCUT2D eigenvalue weighted by molar-refractivity contribution is -0.137. The number of aliphatic hydroxyl groups excluding tert-OH is 2. The van der Waals surface area contributed by atoms with E-state index in [0.29, 0.717) is 12.2 Å². The van der Waals surface area contributed by atoms with Crippen molar-refractivity contribution in [3.05, 3.63) is 24.8 Å². The lowest BCUT2D eigenvalue weighted by Gasteiger charge is -2.30. The Bertz CT molecular complexity index is 1950. The number of nitrogens with one attached hydrogen (secondary N) is 2. The number of amides is 2. The molecule has 2 fully saturated rings. The maximum Gasteiger partial charge on any atom is 0.481 e. The zero-order valence-electron chi connectivity index (χ0n) is 30.2. The maximum atomic E-state index is 12.7. The van der Waals surface area contributed by atoms with Crippen molar-refractivity contribution in [3.63, 3.8) is 0 Å². The summed E-state index contributed by atoms with van der Waals surface area (Å²) in [5.41, 5.74) is 3.36. The quantitative estimate of drug-likeness (QED) is 0.0445. The van der Waals surface area contributed by atoms with Crippen LogP contribution >= 0.6 is 35.2 Å². The largest absolute Gasteiger partial charge is 0.481 e. The Hall–Kier alpha value is -2.70. The molecular weight excluding hydrogens is 831 g/mol. The lowest BCUT2D eigenvalue weighted by atomic mass is 9.87. The number of ether oxygens (including phenoxy) is 1. The van der Waals surface area contributed by atoms with Crippen LogP contribution in [0.25, 0.3) is 11.2 Å². The summed E-state index contributed by atoms with van der Waals surface area (Å²) in [6, 6.07) is 0. The number of imidazole rings is 1. The molecule has 56 heavy (non-hydrogen) atoms. The second-order valence-electron chi connectivity index (χ2n) is 13.6. The van der Waals surface area contributed by atoms with Crippen LogP contribution in [0.2, 0.25) is 0 Å². The van der Waals surface area contributed by atoms with E-state index in [1.807, 2.05) is 0 Å². The molecule has 8 atom stereocenters. The number of nitrogen functional groups attached to an aromatic ring is 1. The molecule has 28 heteroatoms. The van der Waals surface area contributed by atoms with Crippen LogP contribution in [0.4, 0.5) is 5.82 Å². The van der Waals surface area contributed by atoms with E-state index in [4.69, 9.17) is 24.0 Å². The summed E-state index contributed by atoms with van der Waals surface area (Å²) in [4.78, 5) is 87.8. The highest BCUT2D eigenvalue weighted by Crippen LogP contribution is 2.61. The van der Waals surface area contributed by atoms with Crippen molar-refractivity contribution in [2.75, 3.05) is 37.8 Å². The van der Waals surface area contributed by atoms with E-state index in [1.165, 1.54) is 20.8 Å². The minimum atomic E-state index is -5.59. The van der Waals surface area contributed by atoms with Crippen LogP contribution < -0.4 is 16.4 Å². The molecule has 0 bridgehead atoms. The van der Waals surface area contributed by atoms with Crippen molar-refractivity contribution in [1.82, 2.24) is 30.2 Å². The highest BCUT2D eigenvalue weighted by molar-refractivity contribution is 8.13. The number of rotatable bonds is 21. The van der Waals surface area contributed by atoms with Crippen LogP contribution in [0, 0.1) is 11.3 Å². The third kappa shape index (κ3) is 12.4. The van der Waals surface area contributed by atoms with Gasteiger partial charge < -0.3 is 50.9 Å². The first-order valence-electron chi connectivity index (χ1n) is 16.6. The highest BCUT2D eigenvalue weighted by atomic mass is 32.2. The van der Waals surface area contributed by atoms with Gasteiger partial charge in [0.05, 0.1) is 19.5 Å². The van der Waals surface area contributed by atoms with Gasteiger partial charge in [-0.2, -0.15) is 4.31 Å². The van der Waals surface area contributed by atoms with E-state index >= 15 is 0 Å². The van der Waals surface area contributed by atoms with Gasteiger partial charge in [-0.1, -0.05) is 37.8 Å². The molecule has 2 aliphatic rings. The number of carbonyl (C=O) groups excluding carboxylic acids is 3. The normalized spacial score (nSPS) is 25.3. The number of aromatic nitrogens is 4. The first-order valence-corrected chi connectivity index (χ1v) is 22.1. The molecule has 0 radical (unpaired) electrons. The second-order valence-corrected chi connectivity index (χ2v) is 19.0. The minimum Gasteiger partial charge on any atom is -0.385 e. The summed E-state index contributed by atoms with van der Waals surface area (Å²) in [6.07, 6.45) is -4.22. The standard InChI is InChI=1S/C28H44N7O17P3S/c1-15-9-16(15)10-19(37)56-8-7-30-18(36)5-6-31-26(40)23(39)27(2,3)12-49-55(46,47)52-54(44,45)48-11-17-21(51-53(41,42)43)22(38)28(4,50-17)35-14-34-20-24(29)32-13-33-25(20)35/h13-14,16-17,21-23,38-39H,1,5-12H2,2-4H3,(H,30,36)(H,31,40)(H,44,45)(H,46,47)(H2,29,32,33)(H2,41,42,43). The Morgan fingerprint density at radius 1 is 1.12 bits per heavy atom. The maximum absolute atomic E-state index is 12.7. The Balaban J connectivity index is 1.25. The Labute approximate surface area is 323 Å². The molecular formula is C28H44N7O17P3S. The number of hydrogen-bond donors (Lipinski definition) is 9. The van der Waals surface area contributed by atoms with Crippen molar-refractivity contribution in [2.24, 2.45) is 11.3 Å². The molecule has 314 valence electrons. The van der Waals surface area contributed by atoms with Gasteiger partial charge in [0.25, 0.3) is 0 Å². The fourth-order valence-corrected chi connectivity index (χ4v) is 8.91. The Morgan fingerprint density at radius 2 is 1.79 bits per heavy atom. The summed E-state index contributed by atoms with van der Waals surface area (Å²) in [7, 11) is -16.4. The molecule has 1 saturated carbocycles. The van der Waals surface area contributed by atoms with Gasteiger partial charge in [0.1, 0.15) is 36.3 Å². The van der Waals surface area contributed by atoms with Gasteiger partial charge in [-0.15, -0.1) is 0 Å². The van der Waals surface area contributed by atoms with Gasteiger partial charge in [-0.3, -0.25) is 32.5 Å². The zero-order chi connectivity index (χ0) is 41.9. The van der Waals surface area contributed by atoms with E-state index in [2.05, 4.69) is 36.5 Å². The van der Waals surface area contributed by atoms with Gasteiger partial charge in [0, 0.05) is 37.1 Å². The molecule has 1 aliphatic heterocycles. The number of allylic oxidation sites excluding steroid dienone is 1. The number of hydrogen-bond acceptors (Lipinski definition) is 18. The Kier molecular flexibility index (Phi) is 14.8. The van der Waals surface area contributed by atoms with Crippen LogP contribution in [-0.4, -0.2) is 123 Å². The van der Waals surface area contributed by atoms with Gasteiger partial charge in [-0.05, 0) is 19.3 Å². The third-order valence-corrected chi connectivity index (χ3v) is 12.6. The SMILES string of the molecule is C=C1CC1CC(=O)SCCNC(=O)CCNC(=O)C(O)C(C)(C)COP(=O)(O)OP(=O)(O)OCC1OC(C)(n2cnc3c(N)ncnc32)C(O)C1OP(=O)(O)O. The number of nitrogens with two attached hydrogens (primary N) is 1. The number of thioether (sulfide) groups is 1.